The molecule has 1 unspecified atom stereocenters. The van der Waals surface area contributed by atoms with Crippen molar-refractivity contribution in [3.63, 3.8) is 0 Å². The van der Waals surface area contributed by atoms with E-state index < -0.39 is 0 Å². The van der Waals surface area contributed by atoms with Crippen molar-refractivity contribution in [1.82, 2.24) is 5.32 Å². The van der Waals surface area contributed by atoms with E-state index >= 15 is 0 Å². The van der Waals surface area contributed by atoms with Gasteiger partial charge in [-0.3, -0.25) is 0 Å². The quantitative estimate of drug-likeness (QED) is 0.865. The SMILES string of the molecule is c1cc(C2(c3ccc(C4CC4)cc3)CCCCN2)cs1. The summed E-state index contributed by atoms with van der Waals surface area (Å²) in [6.45, 7) is 1.13. The highest BCUT2D eigenvalue weighted by Crippen LogP contribution is 2.42. The number of nitrogens with one attached hydrogen (secondary N) is 1. The Morgan fingerprint density at radius 2 is 1.85 bits per heavy atom. The predicted octanol–water partition coefficient (Wildman–Crippen LogP) is 4.64. The molecule has 104 valence electrons. The van der Waals surface area contributed by atoms with Crippen LogP contribution in [0, 0.1) is 0 Å². The maximum atomic E-state index is 3.82. The minimum Gasteiger partial charge on any atom is -0.304 e. The van der Waals surface area contributed by atoms with Gasteiger partial charge in [-0.2, -0.15) is 11.3 Å². The van der Waals surface area contributed by atoms with E-state index in [0.29, 0.717) is 0 Å². The third-order valence-electron chi connectivity index (χ3n) is 4.87. The molecule has 1 saturated heterocycles. The van der Waals surface area contributed by atoms with Gasteiger partial charge in [-0.05, 0) is 78.1 Å². The van der Waals surface area contributed by atoms with Gasteiger partial charge in [0, 0.05) is 0 Å². The van der Waals surface area contributed by atoms with Crippen LogP contribution in [0.5, 0.6) is 0 Å². The van der Waals surface area contributed by atoms with Crippen molar-refractivity contribution in [2.24, 2.45) is 0 Å². The molecule has 1 N–H and O–H groups in total. The normalized spacial score (nSPS) is 26.6. The summed E-state index contributed by atoms with van der Waals surface area (Å²) in [4.78, 5) is 0. The Labute approximate surface area is 125 Å². The third-order valence-corrected chi connectivity index (χ3v) is 5.55. The van der Waals surface area contributed by atoms with Gasteiger partial charge >= 0.3 is 0 Å². The first kappa shape index (κ1) is 12.6. The van der Waals surface area contributed by atoms with Gasteiger partial charge in [0.2, 0.25) is 0 Å². The molecule has 2 heterocycles. The lowest BCUT2D eigenvalue weighted by molar-refractivity contribution is 0.311. The maximum Gasteiger partial charge on any atom is 0.0698 e. The van der Waals surface area contributed by atoms with Gasteiger partial charge in [0.05, 0.1) is 5.54 Å². The Balaban J connectivity index is 1.73. The average molecular weight is 283 g/mol. The highest BCUT2D eigenvalue weighted by molar-refractivity contribution is 7.08. The van der Waals surface area contributed by atoms with E-state index in [4.69, 9.17) is 0 Å². The van der Waals surface area contributed by atoms with Gasteiger partial charge < -0.3 is 5.32 Å². The summed E-state index contributed by atoms with van der Waals surface area (Å²) in [6.07, 6.45) is 6.59. The van der Waals surface area contributed by atoms with E-state index in [9.17, 15) is 0 Å². The first-order valence-electron chi connectivity index (χ1n) is 7.77. The summed E-state index contributed by atoms with van der Waals surface area (Å²) in [5.41, 5.74) is 4.48. The molecule has 0 radical (unpaired) electrons. The molecule has 2 aliphatic rings. The van der Waals surface area contributed by atoms with E-state index in [1.54, 1.807) is 11.3 Å². The second-order valence-corrected chi connectivity index (χ2v) is 6.98. The Morgan fingerprint density at radius 1 is 1.00 bits per heavy atom. The van der Waals surface area contributed by atoms with E-state index in [0.717, 1.165) is 12.5 Å². The fourth-order valence-corrected chi connectivity index (χ4v) is 4.26. The molecule has 2 aromatic rings. The minimum atomic E-state index is 0.0559. The van der Waals surface area contributed by atoms with Crippen molar-refractivity contribution in [2.45, 2.75) is 43.6 Å². The fraction of sp³-hybridized carbons (Fsp3) is 0.444. The molecular formula is C18H21NS. The molecule has 20 heavy (non-hydrogen) atoms. The van der Waals surface area contributed by atoms with Crippen LogP contribution < -0.4 is 5.32 Å². The Kier molecular flexibility index (Phi) is 3.16. The summed E-state index contributed by atoms with van der Waals surface area (Å²) in [6, 6.07) is 11.7. The van der Waals surface area contributed by atoms with E-state index in [1.165, 1.54) is 48.8 Å². The van der Waals surface area contributed by atoms with Crippen molar-refractivity contribution in [1.29, 1.82) is 0 Å². The number of rotatable bonds is 3. The van der Waals surface area contributed by atoms with Crippen LogP contribution >= 0.6 is 11.3 Å². The molecule has 1 saturated carbocycles. The number of benzene rings is 1. The summed E-state index contributed by atoms with van der Waals surface area (Å²) in [7, 11) is 0. The Morgan fingerprint density at radius 3 is 2.45 bits per heavy atom. The van der Waals surface area contributed by atoms with Crippen LogP contribution in [0.15, 0.2) is 41.1 Å². The van der Waals surface area contributed by atoms with Crippen LogP contribution in [0.1, 0.15) is 54.7 Å². The summed E-state index contributed by atoms with van der Waals surface area (Å²) >= 11 is 1.80. The van der Waals surface area contributed by atoms with Gasteiger partial charge in [0.15, 0.2) is 0 Å². The first-order valence-corrected chi connectivity index (χ1v) is 8.71. The zero-order chi connectivity index (χ0) is 13.4. The lowest BCUT2D eigenvalue weighted by Gasteiger charge is -2.39. The van der Waals surface area contributed by atoms with Gasteiger partial charge in [-0.1, -0.05) is 24.3 Å². The molecule has 0 amide bonds. The molecule has 1 nitrogen and oxygen atoms in total. The molecule has 1 aliphatic carbocycles. The topological polar surface area (TPSA) is 12.0 Å². The zero-order valence-electron chi connectivity index (χ0n) is 11.8. The van der Waals surface area contributed by atoms with Gasteiger partial charge in [0.25, 0.3) is 0 Å². The van der Waals surface area contributed by atoms with Crippen LogP contribution in [-0.4, -0.2) is 6.54 Å². The van der Waals surface area contributed by atoms with Crippen molar-refractivity contribution >= 4 is 11.3 Å². The van der Waals surface area contributed by atoms with Gasteiger partial charge in [0.1, 0.15) is 0 Å². The lowest BCUT2D eigenvalue weighted by Crippen LogP contribution is -2.46. The number of hydrogen-bond acceptors (Lipinski definition) is 2. The highest BCUT2D eigenvalue weighted by atomic mass is 32.1. The minimum absolute atomic E-state index is 0.0559. The second kappa shape index (κ2) is 5.01. The van der Waals surface area contributed by atoms with Crippen molar-refractivity contribution in [3.8, 4) is 0 Å². The maximum absolute atomic E-state index is 3.82. The summed E-state index contributed by atoms with van der Waals surface area (Å²) in [5.74, 6) is 0.848. The summed E-state index contributed by atoms with van der Waals surface area (Å²) in [5, 5.41) is 8.34. The molecular weight excluding hydrogens is 262 g/mol. The Bertz CT molecular complexity index is 560. The molecule has 1 aliphatic heterocycles. The van der Waals surface area contributed by atoms with E-state index in [2.05, 4.69) is 46.4 Å². The molecule has 4 rings (SSSR count). The monoisotopic (exact) mass is 283 g/mol. The van der Waals surface area contributed by atoms with E-state index in [1.807, 2.05) is 0 Å². The smallest absolute Gasteiger partial charge is 0.0698 e. The molecule has 2 heteroatoms. The largest absolute Gasteiger partial charge is 0.304 e. The number of piperidine rings is 1. The average Bonchev–Trinajstić information content (AvgIpc) is 3.22. The molecule has 1 aromatic carbocycles. The van der Waals surface area contributed by atoms with Crippen LogP contribution in [0.25, 0.3) is 0 Å². The predicted molar refractivity (Wildman–Crippen MR) is 85.4 cm³/mol. The molecule has 0 bridgehead atoms. The van der Waals surface area contributed by atoms with E-state index in [-0.39, 0.29) is 5.54 Å². The van der Waals surface area contributed by atoms with Crippen molar-refractivity contribution in [2.75, 3.05) is 6.54 Å². The summed E-state index contributed by atoms with van der Waals surface area (Å²) < 4.78 is 0. The van der Waals surface area contributed by atoms with Gasteiger partial charge in [-0.15, -0.1) is 0 Å². The lowest BCUT2D eigenvalue weighted by atomic mass is 9.77. The molecule has 1 atom stereocenters. The molecule has 1 aromatic heterocycles. The van der Waals surface area contributed by atoms with Crippen LogP contribution in [0.4, 0.5) is 0 Å². The fourth-order valence-electron chi connectivity index (χ4n) is 3.53. The van der Waals surface area contributed by atoms with Crippen molar-refractivity contribution in [3.05, 3.63) is 57.8 Å². The Hall–Kier alpha value is -1.12. The van der Waals surface area contributed by atoms with Crippen LogP contribution in [0.2, 0.25) is 0 Å². The molecule has 0 spiro atoms. The third kappa shape index (κ3) is 2.11. The van der Waals surface area contributed by atoms with Gasteiger partial charge in [-0.25, -0.2) is 0 Å². The highest BCUT2D eigenvalue weighted by Gasteiger charge is 2.36. The standard InChI is InChI=1S/C18H21NS/c1-2-11-19-18(10-1,17-9-12-20-13-17)16-7-5-15(6-8-16)14-3-4-14/h5-9,12-14,19H,1-4,10-11H2. The zero-order valence-corrected chi connectivity index (χ0v) is 12.6. The number of hydrogen-bond donors (Lipinski definition) is 1. The molecule has 2 fully saturated rings. The first-order chi connectivity index (χ1) is 9.88. The van der Waals surface area contributed by atoms with Crippen LogP contribution in [-0.2, 0) is 5.54 Å². The number of thiophene rings is 1. The second-order valence-electron chi connectivity index (χ2n) is 6.20. The van der Waals surface area contributed by atoms with Crippen LogP contribution in [0.3, 0.4) is 0 Å². The van der Waals surface area contributed by atoms with Crippen molar-refractivity contribution < 1.29 is 0 Å².